The molecule has 90 valence electrons. The van der Waals surface area contributed by atoms with E-state index in [0.29, 0.717) is 0 Å². The van der Waals surface area contributed by atoms with Crippen LogP contribution in [0.4, 0.5) is 0 Å². The van der Waals surface area contributed by atoms with Crippen LogP contribution in [0.5, 0.6) is 0 Å². The van der Waals surface area contributed by atoms with E-state index in [9.17, 15) is 0 Å². The molecular formula is C14H14N4. The minimum Gasteiger partial charge on any atom is -0.323 e. The third-order valence-corrected chi connectivity index (χ3v) is 2.96. The van der Waals surface area contributed by atoms with Crippen LogP contribution in [0.3, 0.4) is 0 Å². The van der Waals surface area contributed by atoms with Gasteiger partial charge in [-0.1, -0.05) is 18.2 Å². The molecule has 18 heavy (non-hydrogen) atoms. The summed E-state index contributed by atoms with van der Waals surface area (Å²) in [5.74, 6) is 0. The molecule has 4 nitrogen and oxygen atoms in total. The summed E-state index contributed by atoms with van der Waals surface area (Å²) in [7, 11) is 0. The Kier molecular flexibility index (Phi) is 2.57. The van der Waals surface area contributed by atoms with Gasteiger partial charge in [-0.05, 0) is 25.1 Å². The molecule has 2 heterocycles. The topological polar surface area (TPSA) is 56.7 Å². The second-order valence-electron chi connectivity index (χ2n) is 4.35. The SMILES string of the molecule is CC(N)c1ccc(-n2ncc3ccccc32)cn1. The van der Waals surface area contributed by atoms with Crippen molar-refractivity contribution < 1.29 is 0 Å². The maximum atomic E-state index is 5.79. The first-order valence-corrected chi connectivity index (χ1v) is 5.90. The Hall–Kier alpha value is -2.20. The largest absolute Gasteiger partial charge is 0.323 e. The summed E-state index contributed by atoms with van der Waals surface area (Å²) in [5.41, 5.74) is 8.69. The highest BCUT2D eigenvalue weighted by Gasteiger charge is 2.05. The van der Waals surface area contributed by atoms with Crippen molar-refractivity contribution in [2.45, 2.75) is 13.0 Å². The number of hydrogen-bond donors (Lipinski definition) is 1. The van der Waals surface area contributed by atoms with Crippen LogP contribution in [-0.4, -0.2) is 14.8 Å². The van der Waals surface area contributed by atoms with Gasteiger partial charge in [0.05, 0.1) is 29.3 Å². The average molecular weight is 238 g/mol. The first-order chi connectivity index (χ1) is 8.75. The quantitative estimate of drug-likeness (QED) is 0.746. The highest BCUT2D eigenvalue weighted by atomic mass is 15.3. The number of nitrogens with zero attached hydrogens (tertiary/aromatic N) is 3. The van der Waals surface area contributed by atoms with Crippen LogP contribution in [0, 0.1) is 0 Å². The molecule has 0 saturated carbocycles. The number of rotatable bonds is 2. The molecule has 0 aliphatic rings. The molecule has 4 heteroatoms. The van der Waals surface area contributed by atoms with E-state index >= 15 is 0 Å². The summed E-state index contributed by atoms with van der Waals surface area (Å²) >= 11 is 0. The van der Waals surface area contributed by atoms with E-state index in [1.54, 1.807) is 6.20 Å². The van der Waals surface area contributed by atoms with Gasteiger partial charge in [-0.15, -0.1) is 0 Å². The van der Waals surface area contributed by atoms with E-state index in [1.807, 2.05) is 54.2 Å². The molecule has 0 radical (unpaired) electrons. The predicted molar refractivity (Wildman–Crippen MR) is 71.5 cm³/mol. The summed E-state index contributed by atoms with van der Waals surface area (Å²) in [6.07, 6.45) is 3.66. The molecule has 1 atom stereocenters. The number of nitrogens with two attached hydrogens (primary N) is 1. The number of para-hydroxylation sites is 1. The van der Waals surface area contributed by atoms with Crippen LogP contribution in [0.15, 0.2) is 48.8 Å². The first kappa shape index (κ1) is 10.9. The molecule has 1 aromatic carbocycles. The fourth-order valence-electron chi connectivity index (χ4n) is 1.97. The van der Waals surface area contributed by atoms with Gasteiger partial charge in [-0.3, -0.25) is 4.98 Å². The van der Waals surface area contributed by atoms with Gasteiger partial charge in [-0.25, -0.2) is 4.68 Å². The van der Waals surface area contributed by atoms with Crippen molar-refractivity contribution in [2.75, 3.05) is 0 Å². The monoisotopic (exact) mass is 238 g/mol. The molecule has 1 unspecified atom stereocenters. The maximum absolute atomic E-state index is 5.79. The minimum absolute atomic E-state index is 0.0478. The Bertz CT molecular complexity index is 668. The third-order valence-electron chi connectivity index (χ3n) is 2.96. The van der Waals surface area contributed by atoms with Crippen LogP contribution in [0.1, 0.15) is 18.7 Å². The van der Waals surface area contributed by atoms with Crippen LogP contribution in [0.25, 0.3) is 16.6 Å². The molecule has 0 aliphatic carbocycles. The van der Waals surface area contributed by atoms with E-state index in [0.717, 1.165) is 22.3 Å². The van der Waals surface area contributed by atoms with Crippen molar-refractivity contribution >= 4 is 10.9 Å². The summed E-state index contributed by atoms with van der Waals surface area (Å²) in [4.78, 5) is 4.36. The number of fused-ring (bicyclic) bond motifs is 1. The van der Waals surface area contributed by atoms with Gasteiger partial charge in [0.2, 0.25) is 0 Å². The second kappa shape index (κ2) is 4.23. The lowest BCUT2D eigenvalue weighted by molar-refractivity contribution is 0.776. The smallest absolute Gasteiger partial charge is 0.0836 e. The third kappa shape index (κ3) is 1.76. The molecule has 0 spiro atoms. The van der Waals surface area contributed by atoms with Crippen LogP contribution in [0.2, 0.25) is 0 Å². The Labute approximate surface area is 105 Å². The Balaban J connectivity index is 2.09. The van der Waals surface area contributed by atoms with Crippen molar-refractivity contribution in [2.24, 2.45) is 5.73 Å². The van der Waals surface area contributed by atoms with Crippen molar-refractivity contribution in [1.82, 2.24) is 14.8 Å². The molecule has 0 amide bonds. The average Bonchev–Trinajstić information content (AvgIpc) is 2.82. The zero-order valence-electron chi connectivity index (χ0n) is 10.1. The summed E-state index contributed by atoms with van der Waals surface area (Å²) in [6, 6.07) is 12.0. The number of pyridine rings is 1. The summed E-state index contributed by atoms with van der Waals surface area (Å²) in [6.45, 7) is 1.92. The Morgan fingerprint density at radius 1 is 1.11 bits per heavy atom. The Morgan fingerprint density at radius 2 is 1.94 bits per heavy atom. The normalized spacial score (nSPS) is 12.8. The molecule has 0 fully saturated rings. The van der Waals surface area contributed by atoms with E-state index in [1.165, 1.54) is 0 Å². The first-order valence-electron chi connectivity index (χ1n) is 5.90. The van der Waals surface area contributed by atoms with E-state index in [-0.39, 0.29) is 6.04 Å². The van der Waals surface area contributed by atoms with Gasteiger partial charge in [0, 0.05) is 11.4 Å². The highest BCUT2D eigenvalue weighted by molar-refractivity contribution is 5.79. The zero-order valence-corrected chi connectivity index (χ0v) is 10.1. The molecule has 3 rings (SSSR count). The van der Waals surface area contributed by atoms with E-state index in [4.69, 9.17) is 5.73 Å². The van der Waals surface area contributed by atoms with Crippen molar-refractivity contribution in [3.8, 4) is 5.69 Å². The second-order valence-corrected chi connectivity index (χ2v) is 4.35. The standard InChI is InChI=1S/C14H14N4/c1-10(15)13-7-6-12(9-16-13)18-14-5-3-2-4-11(14)8-17-18/h2-10H,15H2,1H3. The van der Waals surface area contributed by atoms with Crippen molar-refractivity contribution in [3.05, 3.63) is 54.5 Å². The van der Waals surface area contributed by atoms with Crippen molar-refractivity contribution in [3.63, 3.8) is 0 Å². The van der Waals surface area contributed by atoms with Crippen LogP contribution >= 0.6 is 0 Å². The lowest BCUT2D eigenvalue weighted by Crippen LogP contribution is -2.07. The molecule has 0 saturated heterocycles. The molecular weight excluding hydrogens is 224 g/mol. The van der Waals surface area contributed by atoms with Gasteiger partial charge in [0.25, 0.3) is 0 Å². The number of hydrogen-bond acceptors (Lipinski definition) is 3. The van der Waals surface area contributed by atoms with Crippen LogP contribution < -0.4 is 5.73 Å². The maximum Gasteiger partial charge on any atom is 0.0836 e. The number of aromatic nitrogens is 3. The Morgan fingerprint density at radius 3 is 2.67 bits per heavy atom. The van der Waals surface area contributed by atoms with Gasteiger partial charge in [0.1, 0.15) is 0 Å². The van der Waals surface area contributed by atoms with Gasteiger partial charge < -0.3 is 5.73 Å². The molecule has 3 aromatic rings. The molecule has 0 bridgehead atoms. The lowest BCUT2D eigenvalue weighted by atomic mass is 10.2. The van der Waals surface area contributed by atoms with Gasteiger partial charge in [0.15, 0.2) is 0 Å². The predicted octanol–water partition coefficient (Wildman–Crippen LogP) is 2.44. The van der Waals surface area contributed by atoms with Gasteiger partial charge in [-0.2, -0.15) is 5.10 Å². The lowest BCUT2D eigenvalue weighted by Gasteiger charge is -2.06. The summed E-state index contributed by atoms with van der Waals surface area (Å²) < 4.78 is 1.88. The molecule has 0 aliphatic heterocycles. The molecule has 2 aromatic heterocycles. The minimum atomic E-state index is -0.0478. The molecule has 2 N–H and O–H groups in total. The summed E-state index contributed by atoms with van der Waals surface area (Å²) in [5, 5.41) is 5.50. The van der Waals surface area contributed by atoms with Gasteiger partial charge >= 0.3 is 0 Å². The van der Waals surface area contributed by atoms with E-state index < -0.39 is 0 Å². The fourth-order valence-corrected chi connectivity index (χ4v) is 1.97. The van der Waals surface area contributed by atoms with E-state index in [2.05, 4.69) is 10.1 Å². The van der Waals surface area contributed by atoms with Crippen molar-refractivity contribution in [1.29, 1.82) is 0 Å². The number of benzene rings is 1. The van der Waals surface area contributed by atoms with Crippen LogP contribution in [-0.2, 0) is 0 Å². The highest BCUT2D eigenvalue weighted by Crippen LogP contribution is 2.18. The zero-order chi connectivity index (χ0) is 12.5. The fraction of sp³-hybridized carbons (Fsp3) is 0.143.